The first-order valence-electron chi connectivity index (χ1n) is 15.0. The van der Waals surface area contributed by atoms with Crippen LogP contribution in [0.2, 0.25) is 14.6 Å². The molecule has 1 aromatic carbocycles. The number of nitrogens with two attached hydrogens (primary N) is 1. The number of ether oxygens (including phenoxy) is 1. The molecule has 0 radical (unpaired) electrons. The molecule has 4 aromatic rings. The van der Waals surface area contributed by atoms with Crippen LogP contribution in [0.25, 0.3) is 22.2 Å². The quantitative estimate of drug-likeness (QED) is 0.200. The number of nitrogens with one attached hydrogen (secondary N) is 1. The van der Waals surface area contributed by atoms with E-state index in [1.165, 1.54) is 49.5 Å². The molecule has 1 unspecified atom stereocenters. The summed E-state index contributed by atoms with van der Waals surface area (Å²) in [6.07, 6.45) is 8.43. The number of rotatable bonds is 9. The Balaban J connectivity index is 0.953. The van der Waals surface area contributed by atoms with Gasteiger partial charge in [-0.3, -0.25) is 0 Å². The van der Waals surface area contributed by atoms with Crippen LogP contribution in [0.5, 0.6) is 0 Å². The van der Waals surface area contributed by atoms with Crippen molar-refractivity contribution in [2.45, 2.75) is 104 Å². The maximum absolute atomic E-state index is 11.0. The normalized spacial score (nSPS) is 29.3. The third kappa shape index (κ3) is 5.07. The molecule has 41 heavy (non-hydrogen) atoms. The van der Waals surface area contributed by atoms with Crippen LogP contribution in [0.3, 0.4) is 0 Å². The van der Waals surface area contributed by atoms with E-state index in [0.717, 1.165) is 45.9 Å². The molecule has 0 bridgehead atoms. The number of benzene rings is 1. The molecular formula is C30H40AsN7O3. The first-order chi connectivity index (χ1) is 19.9. The van der Waals surface area contributed by atoms with Crippen LogP contribution in [0.1, 0.15) is 75.9 Å². The monoisotopic (exact) mass is 621 g/mol. The average molecular weight is 622 g/mol. The van der Waals surface area contributed by atoms with Crippen molar-refractivity contribution in [3.05, 3.63) is 42.2 Å². The van der Waals surface area contributed by atoms with Gasteiger partial charge in [-0.05, 0) is 0 Å². The van der Waals surface area contributed by atoms with E-state index < -0.39 is 39.2 Å². The van der Waals surface area contributed by atoms with Crippen molar-refractivity contribution in [1.29, 1.82) is 0 Å². The van der Waals surface area contributed by atoms with E-state index in [9.17, 15) is 10.2 Å². The summed E-state index contributed by atoms with van der Waals surface area (Å²) in [5.41, 5.74) is 10.6. The van der Waals surface area contributed by atoms with Gasteiger partial charge in [-0.1, -0.05) is 6.42 Å². The molecule has 7 rings (SSSR count). The van der Waals surface area contributed by atoms with Gasteiger partial charge in [0.2, 0.25) is 0 Å². The number of imidazole rings is 2. The Bertz CT molecular complexity index is 1530. The van der Waals surface area contributed by atoms with E-state index in [4.69, 9.17) is 15.5 Å². The summed E-state index contributed by atoms with van der Waals surface area (Å²) in [7, 11) is 0. The third-order valence-electron chi connectivity index (χ3n) is 9.65. The minimum atomic E-state index is -1.35. The van der Waals surface area contributed by atoms with Crippen molar-refractivity contribution in [2.75, 3.05) is 5.73 Å². The summed E-state index contributed by atoms with van der Waals surface area (Å²) in [6.45, 7) is 4.63. The number of nitrogens with zero attached hydrogens (tertiary/aromatic N) is 5. The number of aliphatic hydroxyl groups excluding tert-OH is 2. The van der Waals surface area contributed by atoms with Gasteiger partial charge < -0.3 is 0 Å². The number of aliphatic hydroxyl groups is 2. The number of nitrogen functional groups attached to an aromatic ring is 1. The van der Waals surface area contributed by atoms with Crippen molar-refractivity contribution in [2.24, 2.45) is 5.92 Å². The van der Waals surface area contributed by atoms with Crippen molar-refractivity contribution in [3.63, 3.8) is 0 Å². The van der Waals surface area contributed by atoms with Crippen LogP contribution >= 0.6 is 0 Å². The summed E-state index contributed by atoms with van der Waals surface area (Å²) in [5, 5.41) is 22.8. The Hall–Kier alpha value is -2.52. The van der Waals surface area contributed by atoms with Crippen LogP contribution < -0.4 is 5.73 Å². The van der Waals surface area contributed by atoms with E-state index in [2.05, 4.69) is 52.0 Å². The van der Waals surface area contributed by atoms with Gasteiger partial charge in [0.25, 0.3) is 0 Å². The van der Waals surface area contributed by atoms with Gasteiger partial charge in [0.05, 0.1) is 0 Å². The molecule has 5 atom stereocenters. The van der Waals surface area contributed by atoms with Crippen molar-refractivity contribution in [1.82, 2.24) is 29.5 Å². The molecule has 10 nitrogen and oxygen atoms in total. The van der Waals surface area contributed by atoms with Crippen molar-refractivity contribution < 1.29 is 14.9 Å². The second-order valence-corrected chi connectivity index (χ2v) is 19.2. The molecule has 3 aliphatic rings. The number of hydrogen-bond acceptors (Lipinski definition) is 8. The van der Waals surface area contributed by atoms with Gasteiger partial charge in [-0.25, -0.2) is 0 Å². The number of hydrogen-bond donors (Lipinski definition) is 4. The van der Waals surface area contributed by atoms with E-state index >= 15 is 0 Å². The van der Waals surface area contributed by atoms with Crippen molar-refractivity contribution >= 4 is 42.7 Å². The number of aromatic nitrogens is 6. The predicted molar refractivity (Wildman–Crippen MR) is 159 cm³/mol. The molecule has 4 heterocycles. The number of H-pyrrole nitrogens is 1. The Morgan fingerprint density at radius 1 is 1.15 bits per heavy atom. The fourth-order valence-electron chi connectivity index (χ4n) is 6.90. The molecule has 0 spiro atoms. The van der Waals surface area contributed by atoms with E-state index in [1.807, 2.05) is 0 Å². The van der Waals surface area contributed by atoms with Gasteiger partial charge in [0.1, 0.15) is 0 Å². The summed E-state index contributed by atoms with van der Waals surface area (Å²) in [6, 6.07) is 6.76. The Kier molecular flexibility index (Phi) is 7.30. The molecular weight excluding hydrogens is 581 g/mol. The summed E-state index contributed by atoms with van der Waals surface area (Å²) in [4.78, 5) is 21.0. The fraction of sp³-hybridized carbons (Fsp3) is 0.600. The second-order valence-electron chi connectivity index (χ2n) is 12.5. The van der Waals surface area contributed by atoms with Crippen LogP contribution in [-0.4, -0.2) is 72.7 Å². The zero-order chi connectivity index (χ0) is 28.2. The first kappa shape index (κ1) is 27.3. The Morgan fingerprint density at radius 3 is 2.73 bits per heavy atom. The van der Waals surface area contributed by atoms with Crippen LogP contribution in [0.4, 0.5) is 5.82 Å². The van der Waals surface area contributed by atoms with E-state index in [0.29, 0.717) is 15.9 Å². The fourth-order valence-corrected chi connectivity index (χ4v) is 14.1. The van der Waals surface area contributed by atoms with Gasteiger partial charge in [-0.2, -0.15) is 0 Å². The summed E-state index contributed by atoms with van der Waals surface area (Å²) >= 11 is -1.35. The summed E-state index contributed by atoms with van der Waals surface area (Å²) < 4.78 is 9.32. The maximum atomic E-state index is 11.0. The Labute approximate surface area is 244 Å². The van der Waals surface area contributed by atoms with Crippen molar-refractivity contribution in [3.8, 4) is 0 Å². The topological polar surface area (TPSA) is 148 Å². The number of aryl methyl sites for hydroxylation is 1. The molecule has 1 aliphatic heterocycles. The number of anilines is 1. The first-order valence-corrected chi connectivity index (χ1v) is 18.5. The molecule has 11 heteroatoms. The van der Waals surface area contributed by atoms with Gasteiger partial charge in [0.15, 0.2) is 0 Å². The van der Waals surface area contributed by atoms with Gasteiger partial charge in [0, 0.05) is 0 Å². The molecule has 5 N–H and O–H groups in total. The molecule has 2 aliphatic carbocycles. The Morgan fingerprint density at radius 2 is 1.98 bits per heavy atom. The van der Waals surface area contributed by atoms with E-state index in [-0.39, 0.29) is 5.82 Å². The summed E-state index contributed by atoms with van der Waals surface area (Å²) in [5.74, 6) is 2.85. The van der Waals surface area contributed by atoms with Crippen LogP contribution in [0.15, 0.2) is 30.9 Å². The van der Waals surface area contributed by atoms with Crippen LogP contribution in [-0.2, 0) is 11.2 Å². The average Bonchev–Trinajstić information content (AvgIpc) is 3.58. The SMILES string of the molecule is CC(C)[As](C[C@@H]1O[C@@H](n2cnc3c(N)ncnc32)[C@H](O)[C@@H]1O)C1CC(CCc2nc3ccc(C4CCC4)cc3[nH]2)C1. The van der Waals surface area contributed by atoms with E-state index in [1.54, 1.807) is 10.9 Å². The predicted octanol–water partition coefficient (Wildman–Crippen LogP) is 4.49. The zero-order valence-corrected chi connectivity index (χ0v) is 25.6. The minimum absolute atomic E-state index is 0.281. The molecule has 2 saturated carbocycles. The second kappa shape index (κ2) is 11.0. The third-order valence-corrected chi connectivity index (χ3v) is 16.9. The zero-order valence-electron chi connectivity index (χ0n) is 23.7. The van der Waals surface area contributed by atoms with Gasteiger partial charge in [-0.15, -0.1) is 0 Å². The molecule has 1 saturated heterocycles. The molecule has 218 valence electrons. The number of fused-ring (bicyclic) bond motifs is 2. The molecule has 3 aromatic heterocycles. The standard InChI is InChI=1S/C30H40AsN7O3/c1-16(2)31(13-23-26(39)27(40)30(41-23)38-15-35-25-28(32)33-14-34-29(25)38)20-10-17(11-20)6-9-24-36-21-8-7-19(12-22(21)37-24)18-4-3-5-18/h7-8,12,14-18,20,23,26-27,30,39-40H,3-6,9-11,13H2,1-2H3,(H,36,37)(H2,32,33,34)/t17?,20?,23-,26+,27+,30+,31?/m0/s1. The number of aromatic amines is 1. The van der Waals surface area contributed by atoms with Gasteiger partial charge >= 0.3 is 238 Å². The molecule has 3 fully saturated rings. The molecule has 0 amide bonds. The van der Waals surface area contributed by atoms with Crippen LogP contribution in [0, 0.1) is 5.92 Å².